The highest BCUT2D eigenvalue weighted by molar-refractivity contribution is 5.68. The third kappa shape index (κ3) is 6.09. The van der Waals surface area contributed by atoms with E-state index in [-0.39, 0.29) is 23.7 Å². The first-order valence-electron chi connectivity index (χ1n) is 11.7. The zero-order valence-corrected chi connectivity index (χ0v) is 19.5. The van der Waals surface area contributed by atoms with Crippen LogP contribution >= 0.6 is 0 Å². The molecule has 170 valence electrons. The molecule has 0 aromatic heterocycles. The molecule has 0 heterocycles. The topological polar surface area (TPSA) is 56.8 Å². The summed E-state index contributed by atoms with van der Waals surface area (Å²) >= 11 is 0. The highest BCUT2D eigenvalue weighted by Gasteiger charge is 2.37. The second kappa shape index (κ2) is 9.85. The lowest BCUT2D eigenvalue weighted by Gasteiger charge is -2.37. The summed E-state index contributed by atoms with van der Waals surface area (Å²) in [4.78, 5) is 12.1. The van der Waals surface area contributed by atoms with Crippen LogP contribution in [-0.4, -0.2) is 30.4 Å². The molecule has 3 rings (SSSR count). The predicted octanol–water partition coefficient (Wildman–Crippen LogP) is 5.75. The first-order valence-corrected chi connectivity index (χ1v) is 11.7. The van der Waals surface area contributed by atoms with Crippen molar-refractivity contribution in [1.82, 2.24) is 5.32 Å². The maximum Gasteiger partial charge on any atom is 0.407 e. The van der Waals surface area contributed by atoms with Gasteiger partial charge in [-0.15, -0.1) is 6.42 Å². The Morgan fingerprint density at radius 1 is 1.16 bits per heavy atom. The number of carbonyl (C=O) groups is 1. The van der Waals surface area contributed by atoms with Gasteiger partial charge in [-0.1, -0.05) is 12.0 Å². The Morgan fingerprint density at radius 3 is 2.42 bits per heavy atom. The summed E-state index contributed by atoms with van der Waals surface area (Å²) in [5.74, 6) is 4.66. The summed E-state index contributed by atoms with van der Waals surface area (Å²) in [5.41, 5.74) is 0.242. The van der Waals surface area contributed by atoms with Crippen LogP contribution in [0.2, 0.25) is 0 Å². The Balaban J connectivity index is 1.71. The Hall–Kier alpha value is -2.35. The fourth-order valence-electron chi connectivity index (χ4n) is 4.60. The van der Waals surface area contributed by atoms with E-state index in [0.717, 1.165) is 55.6 Å². The van der Waals surface area contributed by atoms with Crippen molar-refractivity contribution in [2.45, 2.75) is 102 Å². The van der Waals surface area contributed by atoms with E-state index < -0.39 is 5.60 Å². The van der Waals surface area contributed by atoms with Crippen LogP contribution in [0.4, 0.5) is 4.79 Å². The van der Waals surface area contributed by atoms with Crippen molar-refractivity contribution in [3.05, 3.63) is 23.8 Å². The van der Waals surface area contributed by atoms with Crippen LogP contribution in [0.1, 0.15) is 84.6 Å². The standard InChI is InChI=1S/C26H37NO4/c1-6-26(16-14-20(15-17-26)27-24(28)31-25(3,4)5)19-12-13-22(29-7-2)23(18-19)30-21-10-8-9-11-21/h1,12-13,18,20-21H,7-11,14-17H2,2-5H3,(H,27,28). The number of benzene rings is 1. The number of carbonyl (C=O) groups excluding carboxylic acids is 1. The van der Waals surface area contributed by atoms with Crippen molar-refractivity contribution >= 4 is 6.09 Å². The van der Waals surface area contributed by atoms with E-state index in [1.54, 1.807) is 0 Å². The molecule has 2 saturated carbocycles. The largest absolute Gasteiger partial charge is 0.490 e. The molecule has 0 saturated heterocycles. The van der Waals surface area contributed by atoms with Gasteiger partial charge in [-0.3, -0.25) is 0 Å². The number of terminal acetylenes is 1. The van der Waals surface area contributed by atoms with Gasteiger partial charge in [0, 0.05) is 6.04 Å². The van der Waals surface area contributed by atoms with Gasteiger partial charge in [-0.2, -0.15) is 0 Å². The van der Waals surface area contributed by atoms with Crippen LogP contribution in [0, 0.1) is 12.3 Å². The minimum atomic E-state index is -0.501. The third-order valence-electron chi connectivity index (χ3n) is 6.23. The van der Waals surface area contributed by atoms with Crippen LogP contribution in [0.5, 0.6) is 11.5 Å². The molecule has 0 atom stereocenters. The van der Waals surface area contributed by atoms with Gasteiger partial charge in [0.05, 0.1) is 18.1 Å². The average Bonchev–Trinajstić information content (AvgIpc) is 3.22. The van der Waals surface area contributed by atoms with Crippen molar-refractivity contribution in [2.75, 3.05) is 6.61 Å². The highest BCUT2D eigenvalue weighted by atomic mass is 16.6. The summed E-state index contributed by atoms with van der Waals surface area (Å²) in [6.07, 6.45) is 13.8. The molecule has 31 heavy (non-hydrogen) atoms. The maximum atomic E-state index is 12.1. The van der Waals surface area contributed by atoms with Crippen molar-refractivity contribution in [2.24, 2.45) is 0 Å². The number of rotatable bonds is 6. The van der Waals surface area contributed by atoms with Crippen LogP contribution in [-0.2, 0) is 10.2 Å². The number of hydrogen-bond acceptors (Lipinski definition) is 4. The molecule has 2 aliphatic carbocycles. The third-order valence-corrected chi connectivity index (χ3v) is 6.23. The zero-order chi connectivity index (χ0) is 22.5. The summed E-state index contributed by atoms with van der Waals surface area (Å²) in [7, 11) is 0. The Morgan fingerprint density at radius 2 is 1.84 bits per heavy atom. The molecular formula is C26H37NO4. The number of nitrogens with one attached hydrogen (secondary N) is 1. The fraction of sp³-hybridized carbons (Fsp3) is 0.654. The SMILES string of the molecule is C#CC1(c2ccc(OCC)c(OC3CCCC3)c2)CCC(NC(=O)OC(C)(C)C)CC1. The van der Waals surface area contributed by atoms with Gasteiger partial charge >= 0.3 is 6.09 Å². The average molecular weight is 428 g/mol. The van der Waals surface area contributed by atoms with Crippen LogP contribution in [0.3, 0.4) is 0 Å². The van der Waals surface area contributed by atoms with Crippen LogP contribution < -0.4 is 14.8 Å². The quantitative estimate of drug-likeness (QED) is 0.588. The highest BCUT2D eigenvalue weighted by Crippen LogP contribution is 2.43. The Labute approximate surface area is 187 Å². The predicted molar refractivity (Wildman–Crippen MR) is 123 cm³/mol. The summed E-state index contributed by atoms with van der Waals surface area (Å²) in [6, 6.07) is 6.24. The van der Waals surface area contributed by atoms with E-state index in [2.05, 4.69) is 23.4 Å². The minimum Gasteiger partial charge on any atom is -0.490 e. The van der Waals surface area contributed by atoms with E-state index in [4.69, 9.17) is 20.6 Å². The van der Waals surface area contributed by atoms with Crippen LogP contribution in [0.25, 0.3) is 0 Å². The van der Waals surface area contributed by atoms with Crippen molar-refractivity contribution in [3.63, 3.8) is 0 Å². The molecule has 0 radical (unpaired) electrons. The van der Waals surface area contributed by atoms with E-state index in [1.165, 1.54) is 12.8 Å². The van der Waals surface area contributed by atoms with Crippen molar-refractivity contribution < 1.29 is 19.0 Å². The van der Waals surface area contributed by atoms with Gasteiger partial charge in [-0.05, 0) is 96.8 Å². The van der Waals surface area contributed by atoms with E-state index >= 15 is 0 Å². The normalized spacial score (nSPS) is 24.3. The van der Waals surface area contributed by atoms with Gasteiger partial charge < -0.3 is 19.5 Å². The second-order valence-electron chi connectivity index (χ2n) is 9.77. The monoisotopic (exact) mass is 427 g/mol. The number of amides is 1. The van der Waals surface area contributed by atoms with Crippen molar-refractivity contribution in [3.8, 4) is 23.8 Å². The van der Waals surface area contributed by atoms with Crippen molar-refractivity contribution in [1.29, 1.82) is 0 Å². The molecule has 2 fully saturated rings. The lowest BCUT2D eigenvalue weighted by molar-refractivity contribution is 0.0487. The molecule has 0 spiro atoms. The minimum absolute atomic E-state index is 0.0771. The fourth-order valence-corrected chi connectivity index (χ4v) is 4.60. The molecular weight excluding hydrogens is 390 g/mol. The van der Waals surface area contributed by atoms with Gasteiger partial charge in [0.25, 0.3) is 0 Å². The molecule has 1 aromatic rings. The molecule has 5 heteroatoms. The lowest BCUT2D eigenvalue weighted by atomic mass is 9.69. The Kier molecular flexibility index (Phi) is 7.41. The van der Waals surface area contributed by atoms with Gasteiger partial charge in [0.15, 0.2) is 11.5 Å². The molecule has 0 aliphatic heterocycles. The van der Waals surface area contributed by atoms with Gasteiger partial charge in [0.2, 0.25) is 0 Å². The number of alkyl carbamates (subject to hydrolysis) is 1. The van der Waals surface area contributed by atoms with Gasteiger partial charge in [-0.25, -0.2) is 4.79 Å². The number of hydrogen-bond donors (Lipinski definition) is 1. The molecule has 0 unspecified atom stereocenters. The number of ether oxygens (including phenoxy) is 3. The summed E-state index contributed by atoms with van der Waals surface area (Å²) in [6.45, 7) is 8.18. The van der Waals surface area contributed by atoms with Crippen LogP contribution in [0.15, 0.2) is 18.2 Å². The molecule has 1 N–H and O–H groups in total. The van der Waals surface area contributed by atoms with E-state index in [9.17, 15) is 4.79 Å². The molecule has 1 aromatic carbocycles. The zero-order valence-electron chi connectivity index (χ0n) is 19.5. The van der Waals surface area contributed by atoms with E-state index in [0.29, 0.717) is 6.61 Å². The Bertz CT molecular complexity index is 791. The van der Waals surface area contributed by atoms with Gasteiger partial charge in [0.1, 0.15) is 5.60 Å². The first kappa shape index (κ1) is 23.3. The molecule has 0 bridgehead atoms. The second-order valence-corrected chi connectivity index (χ2v) is 9.77. The van der Waals surface area contributed by atoms with E-state index in [1.807, 2.05) is 33.8 Å². The lowest BCUT2D eigenvalue weighted by Crippen LogP contribution is -2.43. The first-order chi connectivity index (χ1) is 14.7. The summed E-state index contributed by atoms with van der Waals surface area (Å²) in [5, 5.41) is 3.00. The maximum absolute atomic E-state index is 12.1. The smallest absolute Gasteiger partial charge is 0.407 e. The molecule has 2 aliphatic rings. The molecule has 1 amide bonds. The molecule has 5 nitrogen and oxygen atoms in total. The summed E-state index contributed by atoms with van der Waals surface area (Å²) < 4.78 is 17.5.